The number of carbonyl (C=O) groups is 2. The van der Waals surface area contributed by atoms with Crippen molar-refractivity contribution in [3.8, 4) is 0 Å². The maximum Gasteiger partial charge on any atom is 0.305 e. The van der Waals surface area contributed by atoms with E-state index in [1.54, 1.807) is 0 Å². The summed E-state index contributed by atoms with van der Waals surface area (Å²) >= 11 is 0. The lowest BCUT2D eigenvalue weighted by Crippen LogP contribution is -2.45. The minimum absolute atomic E-state index is 0.0157. The first-order valence-electron chi connectivity index (χ1n) is 29.9. The third-order valence-electron chi connectivity index (χ3n) is 14.1. The summed E-state index contributed by atoms with van der Waals surface area (Å²) in [7, 11) is 0. The summed E-state index contributed by atoms with van der Waals surface area (Å²) in [5, 5.41) is 23.3. The molecule has 0 saturated heterocycles. The van der Waals surface area contributed by atoms with Gasteiger partial charge in [0.1, 0.15) is 0 Å². The molecule has 0 fully saturated rings. The fourth-order valence-corrected chi connectivity index (χ4v) is 9.46. The molecule has 66 heavy (non-hydrogen) atoms. The van der Waals surface area contributed by atoms with E-state index in [2.05, 4.69) is 31.3 Å². The molecule has 0 saturated carbocycles. The van der Waals surface area contributed by atoms with Crippen LogP contribution in [-0.2, 0) is 14.3 Å². The van der Waals surface area contributed by atoms with Gasteiger partial charge in [0.15, 0.2) is 0 Å². The predicted octanol–water partition coefficient (Wildman–Crippen LogP) is 18.5. The summed E-state index contributed by atoms with van der Waals surface area (Å²) in [5.74, 6) is -0.0659. The Morgan fingerprint density at radius 3 is 1.08 bits per heavy atom. The van der Waals surface area contributed by atoms with Crippen LogP contribution in [0.25, 0.3) is 0 Å². The van der Waals surface area contributed by atoms with Crippen molar-refractivity contribution in [1.82, 2.24) is 5.32 Å². The van der Waals surface area contributed by atoms with Crippen LogP contribution in [0, 0.1) is 0 Å². The number of unbranched alkanes of at least 4 members (excludes halogenated alkanes) is 43. The highest BCUT2D eigenvalue weighted by atomic mass is 16.5. The number of carbonyl (C=O) groups excluding carboxylic acids is 2. The van der Waals surface area contributed by atoms with Gasteiger partial charge in [0, 0.05) is 12.8 Å². The second kappa shape index (κ2) is 56.2. The molecule has 0 radical (unpaired) electrons. The lowest BCUT2D eigenvalue weighted by molar-refractivity contribution is -0.143. The molecule has 0 aliphatic rings. The normalized spacial score (nSPS) is 12.6. The van der Waals surface area contributed by atoms with E-state index in [4.69, 9.17) is 4.74 Å². The van der Waals surface area contributed by atoms with E-state index in [1.807, 2.05) is 0 Å². The lowest BCUT2D eigenvalue weighted by atomic mass is 10.0. The maximum absolute atomic E-state index is 12.5. The smallest absolute Gasteiger partial charge is 0.305 e. The van der Waals surface area contributed by atoms with E-state index in [-0.39, 0.29) is 18.5 Å². The standard InChI is InChI=1S/C60H117NO5/c1-3-5-7-9-11-13-15-17-19-21-22-23-24-26-27-29-32-36-40-44-48-52-58(63)57(56-62)61-59(64)53-49-45-41-37-33-31-35-39-43-47-51-55-66-60(65)54-50-46-42-38-34-30-28-25-20-18-16-14-12-10-8-6-4-2/h18,20,57-58,62-63H,3-17,19,21-56H2,1-2H3,(H,61,64)/b20-18-. The average molecular weight is 933 g/mol. The predicted molar refractivity (Wildman–Crippen MR) is 287 cm³/mol. The molecule has 6 heteroatoms. The van der Waals surface area contributed by atoms with Crippen LogP contribution in [0.15, 0.2) is 12.2 Å². The third kappa shape index (κ3) is 52.0. The van der Waals surface area contributed by atoms with Crippen molar-refractivity contribution in [2.24, 2.45) is 0 Å². The second-order valence-electron chi connectivity index (χ2n) is 20.7. The van der Waals surface area contributed by atoms with E-state index < -0.39 is 12.1 Å². The van der Waals surface area contributed by atoms with E-state index in [9.17, 15) is 19.8 Å². The van der Waals surface area contributed by atoms with Crippen molar-refractivity contribution >= 4 is 11.9 Å². The molecule has 0 aromatic rings. The van der Waals surface area contributed by atoms with Gasteiger partial charge in [-0.2, -0.15) is 0 Å². The van der Waals surface area contributed by atoms with E-state index in [0.717, 1.165) is 57.8 Å². The number of aliphatic hydroxyl groups is 2. The first-order valence-corrected chi connectivity index (χ1v) is 29.9. The topological polar surface area (TPSA) is 95.9 Å². The Balaban J connectivity index is 3.45. The first kappa shape index (κ1) is 64.6. The molecule has 0 rings (SSSR count). The van der Waals surface area contributed by atoms with Crippen molar-refractivity contribution < 1.29 is 24.5 Å². The number of amides is 1. The van der Waals surface area contributed by atoms with Gasteiger partial charge in [-0.3, -0.25) is 9.59 Å². The zero-order chi connectivity index (χ0) is 47.9. The van der Waals surface area contributed by atoms with E-state index in [0.29, 0.717) is 25.9 Å². The van der Waals surface area contributed by atoms with Gasteiger partial charge in [-0.1, -0.05) is 283 Å². The van der Waals surface area contributed by atoms with Crippen LogP contribution in [0.5, 0.6) is 0 Å². The zero-order valence-corrected chi connectivity index (χ0v) is 44.7. The van der Waals surface area contributed by atoms with Crippen LogP contribution in [0.4, 0.5) is 0 Å². The molecule has 2 atom stereocenters. The molecule has 2 unspecified atom stereocenters. The van der Waals surface area contributed by atoms with Crippen LogP contribution in [-0.4, -0.2) is 47.4 Å². The maximum atomic E-state index is 12.5. The SMILES string of the molecule is CCCCCCCC/C=C\CCCCCCCCCC(=O)OCCCCCCCCCCCCCC(=O)NC(CO)C(O)CCCCCCCCCCCCCCCCCCCCCCC. The molecule has 392 valence electrons. The van der Waals surface area contributed by atoms with Gasteiger partial charge in [-0.25, -0.2) is 0 Å². The number of rotatable bonds is 56. The second-order valence-corrected chi connectivity index (χ2v) is 20.7. The Morgan fingerprint density at radius 1 is 0.409 bits per heavy atom. The molecule has 0 aliphatic heterocycles. The fourth-order valence-electron chi connectivity index (χ4n) is 9.46. The molecule has 3 N–H and O–H groups in total. The molecule has 1 amide bonds. The number of aliphatic hydroxyl groups excluding tert-OH is 2. The summed E-state index contributed by atoms with van der Waals surface area (Å²) in [6.07, 6.45) is 66.3. The summed E-state index contributed by atoms with van der Waals surface area (Å²) < 4.78 is 5.48. The molecule has 0 spiro atoms. The van der Waals surface area contributed by atoms with Gasteiger partial charge in [-0.05, 0) is 51.4 Å². The molecule has 6 nitrogen and oxygen atoms in total. The van der Waals surface area contributed by atoms with Crippen molar-refractivity contribution in [3.05, 3.63) is 12.2 Å². The zero-order valence-electron chi connectivity index (χ0n) is 44.7. The van der Waals surface area contributed by atoms with E-state index >= 15 is 0 Å². The molecule has 0 bridgehead atoms. The number of allylic oxidation sites excluding steroid dienone is 2. The molecular formula is C60H117NO5. The monoisotopic (exact) mass is 932 g/mol. The Kier molecular flexibility index (Phi) is 55.0. The number of nitrogens with one attached hydrogen (secondary N) is 1. The Labute approximate surface area is 412 Å². The number of ether oxygens (including phenoxy) is 1. The first-order chi connectivity index (χ1) is 32.5. The van der Waals surface area contributed by atoms with Crippen LogP contribution in [0.2, 0.25) is 0 Å². The summed E-state index contributed by atoms with van der Waals surface area (Å²) in [6.45, 7) is 4.93. The van der Waals surface area contributed by atoms with Crippen molar-refractivity contribution in [1.29, 1.82) is 0 Å². The Morgan fingerprint density at radius 2 is 0.712 bits per heavy atom. The average Bonchev–Trinajstić information content (AvgIpc) is 3.32. The Bertz CT molecular complexity index is 986. The van der Waals surface area contributed by atoms with Gasteiger partial charge >= 0.3 is 5.97 Å². The van der Waals surface area contributed by atoms with Crippen molar-refractivity contribution in [2.75, 3.05) is 13.2 Å². The quantitative estimate of drug-likeness (QED) is 0.0321. The molecular weight excluding hydrogens is 815 g/mol. The summed E-state index contributed by atoms with van der Waals surface area (Å²) in [4.78, 5) is 24.6. The van der Waals surface area contributed by atoms with Crippen LogP contribution < -0.4 is 5.32 Å². The van der Waals surface area contributed by atoms with Crippen molar-refractivity contribution in [2.45, 2.75) is 347 Å². The highest BCUT2D eigenvalue weighted by Gasteiger charge is 2.20. The number of hydrogen-bond acceptors (Lipinski definition) is 5. The molecule has 0 aliphatic carbocycles. The minimum atomic E-state index is -0.677. The van der Waals surface area contributed by atoms with Crippen molar-refractivity contribution in [3.63, 3.8) is 0 Å². The number of hydrogen-bond donors (Lipinski definition) is 3. The Hall–Kier alpha value is -1.40. The summed E-state index contributed by atoms with van der Waals surface area (Å²) in [5.41, 5.74) is 0. The van der Waals surface area contributed by atoms with E-state index in [1.165, 1.54) is 244 Å². The lowest BCUT2D eigenvalue weighted by Gasteiger charge is -2.22. The van der Waals surface area contributed by atoms with Gasteiger partial charge in [-0.15, -0.1) is 0 Å². The highest BCUT2D eigenvalue weighted by Crippen LogP contribution is 2.18. The molecule has 0 heterocycles. The highest BCUT2D eigenvalue weighted by molar-refractivity contribution is 5.76. The third-order valence-corrected chi connectivity index (χ3v) is 14.1. The largest absolute Gasteiger partial charge is 0.466 e. The number of esters is 1. The van der Waals surface area contributed by atoms with Crippen LogP contribution in [0.1, 0.15) is 335 Å². The van der Waals surface area contributed by atoms with Gasteiger partial charge in [0.05, 0.1) is 25.4 Å². The van der Waals surface area contributed by atoms with Gasteiger partial charge in [0.2, 0.25) is 5.91 Å². The molecule has 0 aromatic heterocycles. The fraction of sp³-hybridized carbons (Fsp3) is 0.933. The van der Waals surface area contributed by atoms with Gasteiger partial charge < -0.3 is 20.3 Å². The van der Waals surface area contributed by atoms with Crippen LogP contribution >= 0.6 is 0 Å². The van der Waals surface area contributed by atoms with Crippen LogP contribution in [0.3, 0.4) is 0 Å². The summed E-state index contributed by atoms with van der Waals surface area (Å²) in [6, 6.07) is -0.556. The minimum Gasteiger partial charge on any atom is -0.466 e. The molecule has 0 aromatic carbocycles. The van der Waals surface area contributed by atoms with Gasteiger partial charge in [0.25, 0.3) is 0 Å².